The van der Waals surface area contributed by atoms with E-state index in [1.54, 1.807) is 18.2 Å². The van der Waals surface area contributed by atoms with Crippen molar-refractivity contribution in [3.8, 4) is 5.75 Å². The van der Waals surface area contributed by atoms with Crippen molar-refractivity contribution in [1.82, 2.24) is 0 Å². The zero-order valence-electron chi connectivity index (χ0n) is 12.5. The van der Waals surface area contributed by atoms with Crippen LogP contribution in [-0.2, 0) is 0 Å². The lowest BCUT2D eigenvalue weighted by atomic mass is 10.1. The van der Waals surface area contributed by atoms with Gasteiger partial charge in [0.1, 0.15) is 5.75 Å². The first-order valence-corrected chi connectivity index (χ1v) is 6.77. The molecule has 0 aliphatic rings. The number of carbonyl (C=O) groups excluding carboxylic acids is 1. The summed E-state index contributed by atoms with van der Waals surface area (Å²) in [5, 5.41) is 21.3. The Morgan fingerprint density at radius 1 is 1.04 bits per heavy atom. The number of nitrogens with zero attached hydrogens (tertiary/aromatic N) is 2. The lowest BCUT2D eigenvalue weighted by Gasteiger charge is -2.07. The largest absolute Gasteiger partial charge is 0.422 e. The van der Waals surface area contributed by atoms with Crippen molar-refractivity contribution in [3.05, 3.63) is 85.6 Å². The smallest absolute Gasteiger partial charge is 0.343 e. The Morgan fingerprint density at radius 2 is 1.67 bits per heavy atom. The van der Waals surface area contributed by atoms with Crippen LogP contribution in [0.3, 0.4) is 0 Å². The van der Waals surface area contributed by atoms with Crippen molar-refractivity contribution in [2.24, 2.45) is 0 Å². The average Bonchev–Trinajstić information content (AvgIpc) is 2.56. The number of nitro groups is 2. The molecule has 24 heavy (non-hydrogen) atoms. The van der Waals surface area contributed by atoms with Gasteiger partial charge in [-0.1, -0.05) is 18.2 Å². The summed E-state index contributed by atoms with van der Waals surface area (Å²) in [4.78, 5) is 32.3. The van der Waals surface area contributed by atoms with E-state index in [2.05, 4.69) is 0 Å². The van der Waals surface area contributed by atoms with Crippen molar-refractivity contribution >= 4 is 17.7 Å². The molecule has 8 heteroatoms. The minimum absolute atomic E-state index is 0.103. The van der Waals surface area contributed by atoms with E-state index >= 15 is 0 Å². The molecule has 0 spiro atoms. The predicted octanol–water partition coefficient (Wildman–Crippen LogP) is 3.45. The van der Waals surface area contributed by atoms with Crippen LogP contribution in [0.1, 0.15) is 22.8 Å². The van der Waals surface area contributed by atoms with Gasteiger partial charge in [0.15, 0.2) is 0 Å². The van der Waals surface area contributed by atoms with Crippen LogP contribution in [0.25, 0.3) is 6.08 Å². The Bertz CT molecular complexity index is 827. The van der Waals surface area contributed by atoms with Crippen molar-refractivity contribution in [2.75, 3.05) is 0 Å². The standard InChI is InChI=1S/C16H12N2O6/c1-11(17(20)21)10-13-4-2-3-5-15(13)24-16(19)12-6-8-14(9-7-12)18(22)23/h2-10H,1H3/b11-10+. The summed E-state index contributed by atoms with van der Waals surface area (Å²) in [7, 11) is 0. The van der Waals surface area contributed by atoms with Gasteiger partial charge in [0, 0.05) is 30.7 Å². The van der Waals surface area contributed by atoms with Crippen LogP contribution in [0.4, 0.5) is 5.69 Å². The topological polar surface area (TPSA) is 113 Å². The van der Waals surface area contributed by atoms with E-state index < -0.39 is 15.8 Å². The quantitative estimate of drug-likeness (QED) is 0.359. The number of hydrogen-bond donors (Lipinski definition) is 0. The molecular formula is C16H12N2O6. The van der Waals surface area contributed by atoms with Crippen LogP contribution in [-0.4, -0.2) is 15.8 Å². The molecule has 0 aliphatic heterocycles. The van der Waals surface area contributed by atoms with Gasteiger partial charge in [0.2, 0.25) is 5.70 Å². The number of benzene rings is 2. The van der Waals surface area contributed by atoms with Gasteiger partial charge in [-0.15, -0.1) is 0 Å². The normalized spacial score (nSPS) is 11.0. The molecule has 0 heterocycles. The molecule has 8 nitrogen and oxygen atoms in total. The monoisotopic (exact) mass is 328 g/mol. The summed E-state index contributed by atoms with van der Waals surface area (Å²) in [5.41, 5.74) is 0.262. The Balaban J connectivity index is 2.25. The predicted molar refractivity (Wildman–Crippen MR) is 85.1 cm³/mol. The molecule has 0 amide bonds. The highest BCUT2D eigenvalue weighted by molar-refractivity contribution is 5.91. The maximum atomic E-state index is 12.1. The van der Waals surface area contributed by atoms with Gasteiger partial charge in [-0.3, -0.25) is 20.2 Å². The number of non-ortho nitro benzene ring substituents is 1. The van der Waals surface area contributed by atoms with Gasteiger partial charge in [-0.25, -0.2) is 4.79 Å². The van der Waals surface area contributed by atoms with Gasteiger partial charge < -0.3 is 4.74 Å². The van der Waals surface area contributed by atoms with Crippen LogP contribution >= 0.6 is 0 Å². The lowest BCUT2D eigenvalue weighted by molar-refractivity contribution is -0.422. The molecule has 0 saturated heterocycles. The van der Waals surface area contributed by atoms with Crippen LogP contribution in [0.15, 0.2) is 54.2 Å². The Hall–Kier alpha value is -3.55. The molecule has 2 rings (SSSR count). The lowest BCUT2D eigenvalue weighted by Crippen LogP contribution is -2.09. The number of rotatable bonds is 5. The van der Waals surface area contributed by atoms with E-state index in [1.807, 2.05) is 0 Å². The first-order valence-electron chi connectivity index (χ1n) is 6.77. The number of nitro benzene ring substituents is 1. The Labute approximate surface area is 136 Å². The second kappa shape index (κ2) is 7.14. The number of carbonyl (C=O) groups is 1. The second-order valence-corrected chi connectivity index (χ2v) is 4.77. The highest BCUT2D eigenvalue weighted by Gasteiger charge is 2.14. The minimum atomic E-state index is -0.718. The molecule has 0 N–H and O–H groups in total. The summed E-state index contributed by atoms with van der Waals surface area (Å²) in [6.45, 7) is 1.33. The van der Waals surface area contributed by atoms with Crippen LogP contribution in [0.2, 0.25) is 0 Å². The van der Waals surface area contributed by atoms with Gasteiger partial charge in [0.05, 0.1) is 15.4 Å². The minimum Gasteiger partial charge on any atom is -0.422 e. The summed E-state index contributed by atoms with van der Waals surface area (Å²) >= 11 is 0. The molecular weight excluding hydrogens is 316 g/mol. The summed E-state index contributed by atoms with van der Waals surface area (Å²) < 4.78 is 5.24. The molecule has 0 radical (unpaired) electrons. The SMILES string of the molecule is C/C(=C\c1ccccc1OC(=O)c1ccc([N+](=O)[O-])cc1)[N+](=O)[O-]. The zero-order chi connectivity index (χ0) is 17.7. The van der Waals surface area contributed by atoms with E-state index in [4.69, 9.17) is 4.74 Å². The van der Waals surface area contributed by atoms with Crippen LogP contribution < -0.4 is 4.74 Å². The highest BCUT2D eigenvalue weighted by atomic mass is 16.6. The van der Waals surface area contributed by atoms with E-state index in [0.717, 1.165) is 0 Å². The Kier molecular flexibility index (Phi) is 5.00. The summed E-state index contributed by atoms with van der Waals surface area (Å²) in [5.74, 6) is -0.563. The molecule has 0 aliphatic carbocycles. The second-order valence-electron chi connectivity index (χ2n) is 4.77. The molecule has 0 bridgehead atoms. The van der Waals surface area contributed by atoms with Crippen LogP contribution in [0, 0.1) is 20.2 Å². The van der Waals surface area contributed by atoms with Crippen molar-refractivity contribution in [1.29, 1.82) is 0 Å². The highest BCUT2D eigenvalue weighted by Crippen LogP contribution is 2.22. The number of allylic oxidation sites excluding steroid dienone is 1. The van der Waals surface area contributed by atoms with Gasteiger partial charge in [-0.05, 0) is 18.2 Å². The third kappa shape index (κ3) is 4.01. The first kappa shape index (κ1) is 16.8. The number of hydrogen-bond acceptors (Lipinski definition) is 6. The van der Waals surface area contributed by atoms with Gasteiger partial charge in [0.25, 0.3) is 5.69 Å². The molecule has 0 saturated carbocycles. The first-order chi connectivity index (χ1) is 11.4. The third-order valence-electron chi connectivity index (χ3n) is 3.09. The molecule has 0 atom stereocenters. The van der Waals surface area contributed by atoms with Crippen molar-refractivity contribution in [2.45, 2.75) is 6.92 Å². The van der Waals surface area contributed by atoms with E-state index in [1.165, 1.54) is 43.3 Å². The number of esters is 1. The molecule has 2 aromatic carbocycles. The third-order valence-corrected chi connectivity index (χ3v) is 3.09. The number of ether oxygens (including phenoxy) is 1. The van der Waals surface area contributed by atoms with E-state index in [0.29, 0.717) is 5.56 Å². The zero-order valence-corrected chi connectivity index (χ0v) is 12.5. The Morgan fingerprint density at radius 3 is 2.25 bits per heavy atom. The van der Waals surface area contributed by atoms with E-state index in [-0.39, 0.29) is 22.7 Å². The maximum absolute atomic E-state index is 12.1. The fourth-order valence-corrected chi connectivity index (χ4v) is 1.85. The molecule has 0 unspecified atom stereocenters. The molecule has 122 valence electrons. The molecule has 2 aromatic rings. The fourth-order valence-electron chi connectivity index (χ4n) is 1.85. The van der Waals surface area contributed by atoms with Crippen molar-refractivity contribution in [3.63, 3.8) is 0 Å². The van der Waals surface area contributed by atoms with E-state index in [9.17, 15) is 25.0 Å². The van der Waals surface area contributed by atoms with Gasteiger partial charge >= 0.3 is 5.97 Å². The van der Waals surface area contributed by atoms with Crippen LogP contribution in [0.5, 0.6) is 5.75 Å². The summed E-state index contributed by atoms with van der Waals surface area (Å²) in [6, 6.07) is 11.3. The summed E-state index contributed by atoms with van der Waals surface area (Å²) in [6.07, 6.45) is 1.29. The maximum Gasteiger partial charge on any atom is 0.343 e. The molecule has 0 fully saturated rings. The molecule has 0 aromatic heterocycles. The fraction of sp³-hybridized carbons (Fsp3) is 0.0625. The number of para-hydroxylation sites is 1. The average molecular weight is 328 g/mol. The van der Waals surface area contributed by atoms with Crippen molar-refractivity contribution < 1.29 is 19.4 Å². The van der Waals surface area contributed by atoms with Gasteiger partial charge in [-0.2, -0.15) is 0 Å².